The van der Waals surface area contributed by atoms with E-state index in [2.05, 4.69) is 46.6 Å². The fraction of sp³-hybridized carbons (Fsp3) is 0.786. The molecule has 0 bridgehead atoms. The minimum absolute atomic E-state index is 0.436. The van der Waals surface area contributed by atoms with Crippen molar-refractivity contribution in [2.45, 2.75) is 65.7 Å². The van der Waals surface area contributed by atoms with Crippen molar-refractivity contribution in [3.8, 4) is 0 Å². The van der Waals surface area contributed by atoms with Gasteiger partial charge in [-0.25, -0.2) is 0 Å². The summed E-state index contributed by atoms with van der Waals surface area (Å²) in [4.78, 5) is 12.6. The first kappa shape index (κ1) is 16.8. The van der Waals surface area contributed by atoms with E-state index in [-0.39, 0.29) is 0 Å². The fourth-order valence-corrected chi connectivity index (χ4v) is 5.31. The summed E-state index contributed by atoms with van der Waals surface area (Å²) in [5, 5.41) is 0.447. The number of hydrogen-bond donors (Lipinski definition) is 0. The van der Waals surface area contributed by atoms with Crippen LogP contribution in [-0.2, 0) is 4.79 Å². The SMILES string of the molecule is C=C(C(=O)[Si](C)(C)[Si](C)C)C(CCC)CCC. The maximum atomic E-state index is 12.6. The molecule has 0 saturated heterocycles. The lowest BCUT2D eigenvalue weighted by Gasteiger charge is -2.28. The Kier molecular flexibility index (Phi) is 7.25. The average Bonchev–Trinajstić information content (AvgIpc) is 2.26. The second kappa shape index (κ2) is 7.32. The van der Waals surface area contributed by atoms with E-state index in [4.69, 9.17) is 0 Å². The average molecular weight is 270 g/mol. The largest absolute Gasteiger partial charge is 0.301 e. The Bertz CT molecular complexity index is 263. The second-order valence-corrected chi connectivity index (χ2v) is 18.2. The summed E-state index contributed by atoms with van der Waals surface area (Å²) in [6, 6.07) is 0. The lowest BCUT2D eigenvalue weighted by Crippen LogP contribution is -2.51. The highest BCUT2D eigenvalue weighted by atomic mass is 29.2. The molecule has 0 saturated carbocycles. The van der Waals surface area contributed by atoms with Crippen LogP contribution in [0.5, 0.6) is 0 Å². The van der Waals surface area contributed by atoms with E-state index >= 15 is 0 Å². The van der Waals surface area contributed by atoms with Crippen molar-refractivity contribution < 1.29 is 4.79 Å². The molecule has 0 rings (SSSR count). The molecular formula is C14H29OSi2. The zero-order chi connectivity index (χ0) is 13.6. The molecule has 17 heavy (non-hydrogen) atoms. The van der Waals surface area contributed by atoms with Crippen molar-refractivity contribution in [1.82, 2.24) is 0 Å². The number of rotatable bonds is 8. The standard InChI is InChI=1S/C14H29OSi2/c1-8-10-13(11-9-2)12(3)14(15)17(6,7)16(4)5/h13H,3,8-11H2,1-2,4-7H3. The first-order chi connectivity index (χ1) is 7.78. The lowest BCUT2D eigenvalue weighted by atomic mass is 9.92. The van der Waals surface area contributed by atoms with E-state index in [1.54, 1.807) is 0 Å². The van der Waals surface area contributed by atoms with Gasteiger partial charge in [0, 0.05) is 8.31 Å². The first-order valence-corrected chi connectivity index (χ1v) is 13.3. The van der Waals surface area contributed by atoms with E-state index < -0.39 is 15.9 Å². The van der Waals surface area contributed by atoms with E-state index in [9.17, 15) is 4.79 Å². The number of carbonyl (C=O) groups excluding carboxylic acids is 1. The van der Waals surface area contributed by atoms with Gasteiger partial charge in [0.25, 0.3) is 0 Å². The van der Waals surface area contributed by atoms with Gasteiger partial charge < -0.3 is 4.79 Å². The summed E-state index contributed by atoms with van der Waals surface area (Å²) in [5.74, 6) is 0.436. The lowest BCUT2D eigenvalue weighted by molar-refractivity contribution is -0.109. The first-order valence-electron chi connectivity index (χ1n) is 6.83. The molecule has 0 spiro atoms. The Hall–Kier alpha value is -0.156. The summed E-state index contributed by atoms with van der Waals surface area (Å²) in [6.45, 7) is 17.5. The van der Waals surface area contributed by atoms with Crippen LogP contribution in [0.15, 0.2) is 12.2 Å². The topological polar surface area (TPSA) is 17.1 Å². The van der Waals surface area contributed by atoms with Gasteiger partial charge in [-0.3, -0.25) is 0 Å². The highest BCUT2D eigenvalue weighted by Crippen LogP contribution is 2.26. The van der Waals surface area contributed by atoms with Gasteiger partial charge >= 0.3 is 0 Å². The van der Waals surface area contributed by atoms with E-state index in [0.29, 0.717) is 11.3 Å². The van der Waals surface area contributed by atoms with Crippen molar-refractivity contribution in [3.05, 3.63) is 12.2 Å². The molecule has 0 aliphatic heterocycles. The molecule has 0 atom stereocenters. The summed E-state index contributed by atoms with van der Waals surface area (Å²) in [5.41, 5.74) is 0.941. The molecule has 1 radical (unpaired) electrons. The quantitative estimate of drug-likeness (QED) is 0.471. The third kappa shape index (κ3) is 4.55. The normalized spacial score (nSPS) is 12.2. The molecule has 99 valence electrons. The van der Waals surface area contributed by atoms with Crippen molar-refractivity contribution in [1.29, 1.82) is 0 Å². The molecule has 0 aliphatic carbocycles. The molecule has 0 aliphatic rings. The molecule has 0 heterocycles. The molecule has 0 aromatic carbocycles. The molecule has 0 amide bonds. The Morgan fingerprint density at radius 2 is 1.59 bits per heavy atom. The fourth-order valence-electron chi connectivity index (χ4n) is 2.00. The summed E-state index contributed by atoms with van der Waals surface area (Å²) >= 11 is 0. The Morgan fingerprint density at radius 1 is 1.18 bits per heavy atom. The Balaban J connectivity index is 4.82. The number of carbonyl (C=O) groups is 1. The van der Waals surface area contributed by atoms with Crippen LogP contribution in [-0.4, -0.2) is 21.3 Å². The zero-order valence-corrected chi connectivity index (χ0v) is 14.5. The third-order valence-corrected chi connectivity index (χ3v) is 16.0. The highest BCUT2D eigenvalue weighted by Gasteiger charge is 2.37. The van der Waals surface area contributed by atoms with E-state index in [1.807, 2.05) is 0 Å². The van der Waals surface area contributed by atoms with Gasteiger partial charge in [0.05, 0.1) is 0 Å². The van der Waals surface area contributed by atoms with E-state index in [0.717, 1.165) is 31.3 Å². The van der Waals surface area contributed by atoms with Gasteiger partial charge in [-0.1, -0.05) is 59.5 Å². The minimum atomic E-state index is -1.70. The molecule has 0 aromatic heterocycles. The van der Waals surface area contributed by atoms with Gasteiger partial charge in [0.2, 0.25) is 0 Å². The van der Waals surface area contributed by atoms with Crippen LogP contribution in [0.4, 0.5) is 0 Å². The smallest absolute Gasteiger partial charge is 0.132 e. The number of hydrogen-bond acceptors (Lipinski definition) is 1. The van der Waals surface area contributed by atoms with Gasteiger partial charge in [-0.2, -0.15) is 0 Å². The van der Waals surface area contributed by atoms with Crippen molar-refractivity contribution in [3.63, 3.8) is 0 Å². The van der Waals surface area contributed by atoms with Gasteiger partial charge in [-0.05, 0) is 24.3 Å². The highest BCUT2D eigenvalue weighted by molar-refractivity contribution is 7.44. The molecule has 1 nitrogen and oxygen atoms in total. The van der Waals surface area contributed by atoms with Crippen molar-refractivity contribution >= 4 is 21.3 Å². The third-order valence-electron chi connectivity index (χ3n) is 3.88. The van der Waals surface area contributed by atoms with Gasteiger partial charge in [0.1, 0.15) is 13.0 Å². The van der Waals surface area contributed by atoms with Crippen LogP contribution < -0.4 is 0 Å². The maximum absolute atomic E-state index is 12.6. The molecule has 0 aromatic rings. The van der Waals surface area contributed by atoms with Crippen LogP contribution in [0.3, 0.4) is 0 Å². The summed E-state index contributed by atoms with van der Waals surface area (Å²) in [6.07, 6.45) is 4.54. The summed E-state index contributed by atoms with van der Waals surface area (Å²) < 4.78 is 0. The number of allylic oxidation sites excluding steroid dienone is 1. The molecule has 0 N–H and O–H groups in total. The zero-order valence-electron chi connectivity index (χ0n) is 12.5. The van der Waals surface area contributed by atoms with Crippen LogP contribution in [0.1, 0.15) is 39.5 Å². The van der Waals surface area contributed by atoms with Gasteiger partial charge in [-0.15, -0.1) is 0 Å². The second-order valence-electron chi connectivity index (χ2n) is 5.75. The van der Waals surface area contributed by atoms with Crippen LogP contribution in [0.2, 0.25) is 26.2 Å². The Labute approximate surface area is 110 Å². The van der Waals surface area contributed by atoms with Crippen molar-refractivity contribution in [2.24, 2.45) is 5.92 Å². The molecule has 3 heteroatoms. The molecule has 0 fully saturated rings. The molecule has 0 unspecified atom stereocenters. The Morgan fingerprint density at radius 3 is 1.88 bits per heavy atom. The maximum Gasteiger partial charge on any atom is 0.132 e. The van der Waals surface area contributed by atoms with Gasteiger partial charge in [0.15, 0.2) is 0 Å². The monoisotopic (exact) mass is 269 g/mol. The predicted octanol–water partition coefficient (Wildman–Crippen LogP) is 4.41. The van der Waals surface area contributed by atoms with Crippen molar-refractivity contribution in [2.75, 3.05) is 0 Å². The van der Waals surface area contributed by atoms with E-state index in [1.165, 1.54) is 0 Å². The van der Waals surface area contributed by atoms with Crippen LogP contribution >= 0.6 is 0 Å². The summed E-state index contributed by atoms with van der Waals surface area (Å²) in [7, 11) is -2.19. The predicted molar refractivity (Wildman–Crippen MR) is 82.4 cm³/mol. The van der Waals surface area contributed by atoms with Crippen LogP contribution in [0, 0.1) is 5.92 Å². The van der Waals surface area contributed by atoms with Crippen LogP contribution in [0.25, 0.3) is 0 Å². The minimum Gasteiger partial charge on any atom is -0.301 e. The molecular weight excluding hydrogens is 240 g/mol.